The van der Waals surface area contributed by atoms with E-state index in [2.05, 4.69) is 10.6 Å². The van der Waals surface area contributed by atoms with Crippen LogP contribution in [0.3, 0.4) is 0 Å². The van der Waals surface area contributed by atoms with Gasteiger partial charge in [0, 0.05) is 31.1 Å². The van der Waals surface area contributed by atoms with E-state index in [1.54, 1.807) is 39.1 Å². The first-order chi connectivity index (χ1) is 9.83. The van der Waals surface area contributed by atoms with Crippen molar-refractivity contribution in [3.8, 4) is 0 Å². The van der Waals surface area contributed by atoms with Gasteiger partial charge in [-0.25, -0.2) is 0 Å². The second-order valence-electron chi connectivity index (χ2n) is 5.06. The van der Waals surface area contributed by atoms with Gasteiger partial charge in [0.25, 0.3) is 5.91 Å². The number of carbonyl (C=O) groups excluding carboxylic acids is 2. The summed E-state index contributed by atoms with van der Waals surface area (Å²) in [5.74, 6) is -1.57. The van der Waals surface area contributed by atoms with E-state index in [1.807, 2.05) is 0 Å². The highest BCUT2D eigenvalue weighted by Gasteiger charge is 2.14. The molecule has 114 valence electrons. The van der Waals surface area contributed by atoms with Crippen LogP contribution < -0.4 is 10.6 Å². The monoisotopic (exact) mass is 292 g/mol. The van der Waals surface area contributed by atoms with Gasteiger partial charge in [0.2, 0.25) is 5.91 Å². The molecule has 2 amide bonds. The van der Waals surface area contributed by atoms with Gasteiger partial charge in [0.15, 0.2) is 0 Å². The fourth-order valence-electron chi connectivity index (χ4n) is 1.98. The lowest BCUT2D eigenvalue weighted by Crippen LogP contribution is -2.19. The van der Waals surface area contributed by atoms with Crippen molar-refractivity contribution >= 4 is 23.5 Å². The molecule has 0 spiro atoms. The van der Waals surface area contributed by atoms with Crippen molar-refractivity contribution in [2.45, 2.75) is 26.7 Å². The molecule has 1 aromatic rings. The molecule has 0 heterocycles. The summed E-state index contributed by atoms with van der Waals surface area (Å²) in [4.78, 5) is 33.9. The van der Waals surface area contributed by atoms with E-state index in [4.69, 9.17) is 5.11 Å². The number of hydrogen-bond acceptors (Lipinski definition) is 3. The Bertz CT molecular complexity index is 555. The molecule has 0 aliphatic heterocycles. The standard InChI is InChI=1S/C15H20N2O4/c1-9(7-14(19)20)6-13(18)17-12-5-4-11(8-10(12)2)15(21)16-3/h4-5,8-9H,6-7H2,1-3H3,(H,16,21)(H,17,18)(H,19,20). The Balaban J connectivity index is 2.68. The Hall–Kier alpha value is -2.37. The quantitative estimate of drug-likeness (QED) is 0.745. The lowest BCUT2D eigenvalue weighted by atomic mass is 10.0. The summed E-state index contributed by atoms with van der Waals surface area (Å²) < 4.78 is 0. The Labute approximate surface area is 123 Å². The third-order valence-electron chi connectivity index (χ3n) is 3.05. The predicted molar refractivity (Wildman–Crippen MR) is 79.2 cm³/mol. The molecule has 0 radical (unpaired) electrons. The molecule has 3 N–H and O–H groups in total. The minimum atomic E-state index is -0.915. The van der Waals surface area contributed by atoms with Gasteiger partial charge in [-0.15, -0.1) is 0 Å². The Morgan fingerprint density at radius 1 is 1.24 bits per heavy atom. The molecule has 0 saturated carbocycles. The van der Waals surface area contributed by atoms with Crippen LogP contribution >= 0.6 is 0 Å². The molecule has 0 saturated heterocycles. The van der Waals surface area contributed by atoms with E-state index in [0.29, 0.717) is 11.3 Å². The van der Waals surface area contributed by atoms with Gasteiger partial charge in [0.05, 0.1) is 0 Å². The van der Waals surface area contributed by atoms with Gasteiger partial charge in [0.1, 0.15) is 0 Å². The summed E-state index contributed by atoms with van der Waals surface area (Å²) >= 11 is 0. The number of amides is 2. The SMILES string of the molecule is CNC(=O)c1ccc(NC(=O)CC(C)CC(=O)O)c(C)c1. The van der Waals surface area contributed by atoms with Crippen LogP contribution in [0.5, 0.6) is 0 Å². The van der Waals surface area contributed by atoms with Gasteiger partial charge in [-0.05, 0) is 36.6 Å². The largest absolute Gasteiger partial charge is 0.481 e. The summed E-state index contributed by atoms with van der Waals surface area (Å²) in [5, 5.41) is 13.9. The van der Waals surface area contributed by atoms with Crippen molar-refractivity contribution in [2.24, 2.45) is 5.92 Å². The average molecular weight is 292 g/mol. The summed E-state index contributed by atoms with van der Waals surface area (Å²) in [6, 6.07) is 4.98. The van der Waals surface area contributed by atoms with E-state index in [-0.39, 0.29) is 30.6 Å². The first-order valence-electron chi connectivity index (χ1n) is 6.67. The smallest absolute Gasteiger partial charge is 0.303 e. The highest BCUT2D eigenvalue weighted by molar-refractivity contribution is 5.96. The number of benzene rings is 1. The number of rotatable bonds is 6. The average Bonchev–Trinajstić information content (AvgIpc) is 2.38. The van der Waals surface area contributed by atoms with E-state index in [0.717, 1.165) is 5.56 Å². The number of aliphatic carboxylic acids is 1. The van der Waals surface area contributed by atoms with Crippen molar-refractivity contribution in [3.05, 3.63) is 29.3 Å². The number of nitrogens with one attached hydrogen (secondary N) is 2. The van der Waals surface area contributed by atoms with Crippen LogP contribution in [-0.4, -0.2) is 29.9 Å². The molecule has 0 fully saturated rings. The molecule has 6 heteroatoms. The molecule has 0 bridgehead atoms. The maximum absolute atomic E-state index is 11.8. The highest BCUT2D eigenvalue weighted by Crippen LogP contribution is 2.18. The van der Waals surface area contributed by atoms with Crippen LogP contribution in [0.2, 0.25) is 0 Å². The van der Waals surface area contributed by atoms with Gasteiger partial charge in [-0.2, -0.15) is 0 Å². The summed E-state index contributed by atoms with van der Waals surface area (Å²) in [6.45, 7) is 3.51. The molecule has 21 heavy (non-hydrogen) atoms. The minimum Gasteiger partial charge on any atom is -0.481 e. The lowest BCUT2D eigenvalue weighted by molar-refractivity contribution is -0.138. The third-order valence-corrected chi connectivity index (χ3v) is 3.05. The van der Waals surface area contributed by atoms with Crippen LogP contribution in [0.15, 0.2) is 18.2 Å². The van der Waals surface area contributed by atoms with Gasteiger partial charge < -0.3 is 15.7 Å². The van der Waals surface area contributed by atoms with E-state index >= 15 is 0 Å². The van der Waals surface area contributed by atoms with Crippen LogP contribution in [0.25, 0.3) is 0 Å². The Morgan fingerprint density at radius 3 is 2.43 bits per heavy atom. The topological polar surface area (TPSA) is 95.5 Å². The zero-order valence-electron chi connectivity index (χ0n) is 12.4. The molecule has 6 nitrogen and oxygen atoms in total. The van der Waals surface area contributed by atoms with E-state index in [1.165, 1.54) is 0 Å². The van der Waals surface area contributed by atoms with Crippen LogP contribution in [0, 0.1) is 12.8 Å². The maximum atomic E-state index is 11.8. The predicted octanol–water partition coefficient (Wildman–Crippen LogP) is 1.79. The normalized spacial score (nSPS) is 11.6. The molecule has 1 atom stereocenters. The Kier molecular flexibility index (Phi) is 5.90. The van der Waals surface area contributed by atoms with Gasteiger partial charge in [-0.1, -0.05) is 6.92 Å². The molecule has 1 aromatic carbocycles. The second-order valence-corrected chi connectivity index (χ2v) is 5.06. The maximum Gasteiger partial charge on any atom is 0.303 e. The first kappa shape index (κ1) is 16.7. The first-order valence-corrected chi connectivity index (χ1v) is 6.67. The number of aryl methyl sites for hydroxylation is 1. The summed E-state index contributed by atoms with van der Waals surface area (Å²) in [7, 11) is 1.55. The zero-order valence-corrected chi connectivity index (χ0v) is 12.4. The zero-order chi connectivity index (χ0) is 16.0. The number of carboxylic acids is 1. The number of anilines is 1. The number of carboxylic acid groups (broad SMARTS) is 1. The van der Waals surface area contributed by atoms with Crippen LogP contribution in [0.4, 0.5) is 5.69 Å². The third kappa shape index (κ3) is 5.25. The van der Waals surface area contributed by atoms with Crippen molar-refractivity contribution in [2.75, 3.05) is 12.4 Å². The van der Waals surface area contributed by atoms with E-state index < -0.39 is 5.97 Å². The summed E-state index contributed by atoms with van der Waals surface area (Å²) in [5.41, 5.74) is 1.91. The molecular weight excluding hydrogens is 272 g/mol. The van der Waals surface area contributed by atoms with Gasteiger partial charge in [-0.3, -0.25) is 14.4 Å². The van der Waals surface area contributed by atoms with Crippen molar-refractivity contribution in [1.29, 1.82) is 0 Å². The van der Waals surface area contributed by atoms with Crippen molar-refractivity contribution in [1.82, 2.24) is 5.32 Å². The number of carbonyl (C=O) groups is 3. The van der Waals surface area contributed by atoms with Crippen molar-refractivity contribution < 1.29 is 19.5 Å². The molecule has 1 rings (SSSR count). The fourth-order valence-corrected chi connectivity index (χ4v) is 1.98. The molecule has 0 aliphatic rings. The van der Waals surface area contributed by atoms with Crippen LogP contribution in [-0.2, 0) is 9.59 Å². The second kappa shape index (κ2) is 7.42. The van der Waals surface area contributed by atoms with Gasteiger partial charge >= 0.3 is 5.97 Å². The molecule has 0 aromatic heterocycles. The Morgan fingerprint density at radius 2 is 1.90 bits per heavy atom. The highest BCUT2D eigenvalue weighted by atomic mass is 16.4. The molecule has 1 unspecified atom stereocenters. The lowest BCUT2D eigenvalue weighted by Gasteiger charge is -2.12. The van der Waals surface area contributed by atoms with E-state index in [9.17, 15) is 14.4 Å². The molecule has 0 aliphatic carbocycles. The van der Waals surface area contributed by atoms with Crippen LogP contribution in [0.1, 0.15) is 35.7 Å². The summed E-state index contributed by atoms with van der Waals surface area (Å²) in [6.07, 6.45) is 0.102. The van der Waals surface area contributed by atoms with Crippen molar-refractivity contribution in [3.63, 3.8) is 0 Å². The number of hydrogen-bond donors (Lipinski definition) is 3. The molecular formula is C15H20N2O4. The fraction of sp³-hybridized carbons (Fsp3) is 0.400. The minimum absolute atomic E-state index is 0.0397.